The summed E-state index contributed by atoms with van der Waals surface area (Å²) in [4.78, 5) is 7.37. The van der Waals surface area contributed by atoms with Crippen molar-refractivity contribution in [2.75, 3.05) is 5.73 Å². The molecule has 0 unspecified atom stereocenters. The summed E-state index contributed by atoms with van der Waals surface area (Å²) in [6.45, 7) is 0. The number of pyridine rings is 1. The number of aromatic amines is 2. The molecule has 0 saturated heterocycles. The molecule has 0 aliphatic heterocycles. The molecule has 0 radical (unpaired) electrons. The molecule has 0 amide bonds. The summed E-state index contributed by atoms with van der Waals surface area (Å²) in [6.07, 6.45) is 1.74. The summed E-state index contributed by atoms with van der Waals surface area (Å²) in [6, 6.07) is 3.83. The van der Waals surface area contributed by atoms with E-state index in [0.717, 1.165) is 22.1 Å². The number of H-pyrrole nitrogens is 2. The van der Waals surface area contributed by atoms with Crippen LogP contribution in [-0.2, 0) is 0 Å². The van der Waals surface area contributed by atoms with Crippen LogP contribution in [0.3, 0.4) is 0 Å². The predicted molar refractivity (Wildman–Crippen MR) is 50.2 cm³/mol. The van der Waals surface area contributed by atoms with Crippen molar-refractivity contribution in [3.63, 3.8) is 0 Å². The molecule has 64 valence electrons. The van der Waals surface area contributed by atoms with Crippen LogP contribution in [0.25, 0.3) is 22.1 Å². The average molecular weight is 173 g/mol. The molecule has 5 heteroatoms. The number of nitrogen functional groups attached to an aromatic ring is 1. The first-order valence-corrected chi connectivity index (χ1v) is 3.92. The van der Waals surface area contributed by atoms with Gasteiger partial charge in [0.05, 0.1) is 5.52 Å². The Balaban J connectivity index is 2.64. The average Bonchev–Trinajstić information content (AvgIpc) is 2.67. The van der Waals surface area contributed by atoms with Crippen LogP contribution in [0.4, 0.5) is 5.82 Å². The van der Waals surface area contributed by atoms with E-state index in [-0.39, 0.29) is 0 Å². The Morgan fingerprint density at radius 3 is 3.15 bits per heavy atom. The van der Waals surface area contributed by atoms with E-state index >= 15 is 0 Å². The second-order valence-electron chi connectivity index (χ2n) is 2.88. The van der Waals surface area contributed by atoms with Crippen LogP contribution in [0.2, 0.25) is 0 Å². The van der Waals surface area contributed by atoms with Crippen LogP contribution in [0.15, 0.2) is 18.3 Å². The minimum absolute atomic E-state index is 0.480. The van der Waals surface area contributed by atoms with Crippen LogP contribution in [0, 0.1) is 0 Å². The summed E-state index contributed by atoms with van der Waals surface area (Å²) < 4.78 is 0. The molecule has 0 aromatic carbocycles. The Hall–Kier alpha value is -2.04. The van der Waals surface area contributed by atoms with Gasteiger partial charge in [0.2, 0.25) is 0 Å². The maximum Gasteiger partial charge on any atom is 0.169 e. The SMILES string of the molecule is Nc1n[nH]c2c1[nH]c1cccnc12. The van der Waals surface area contributed by atoms with E-state index in [1.807, 2.05) is 12.1 Å². The van der Waals surface area contributed by atoms with E-state index in [1.165, 1.54) is 0 Å². The van der Waals surface area contributed by atoms with Crippen LogP contribution >= 0.6 is 0 Å². The van der Waals surface area contributed by atoms with Gasteiger partial charge in [-0.25, -0.2) is 0 Å². The first-order valence-electron chi connectivity index (χ1n) is 3.92. The lowest BCUT2D eigenvalue weighted by atomic mass is 10.3. The van der Waals surface area contributed by atoms with Crippen LogP contribution in [-0.4, -0.2) is 20.2 Å². The van der Waals surface area contributed by atoms with Crippen molar-refractivity contribution >= 4 is 27.9 Å². The van der Waals surface area contributed by atoms with Crippen molar-refractivity contribution in [3.05, 3.63) is 18.3 Å². The van der Waals surface area contributed by atoms with Gasteiger partial charge < -0.3 is 10.7 Å². The van der Waals surface area contributed by atoms with E-state index < -0.39 is 0 Å². The lowest BCUT2D eigenvalue weighted by Gasteiger charge is -1.85. The first kappa shape index (κ1) is 6.47. The predicted octanol–water partition coefficient (Wildman–Crippen LogP) is 1.02. The number of aromatic nitrogens is 4. The van der Waals surface area contributed by atoms with E-state index in [2.05, 4.69) is 20.2 Å². The molecule has 0 aliphatic rings. The molecule has 3 rings (SSSR count). The molecule has 0 atom stereocenters. The zero-order valence-corrected chi connectivity index (χ0v) is 6.70. The van der Waals surface area contributed by atoms with Crippen molar-refractivity contribution < 1.29 is 0 Å². The fourth-order valence-corrected chi connectivity index (χ4v) is 1.49. The number of nitrogens with one attached hydrogen (secondary N) is 2. The summed E-state index contributed by atoms with van der Waals surface area (Å²) in [5.41, 5.74) is 9.18. The number of anilines is 1. The molecule has 13 heavy (non-hydrogen) atoms. The fraction of sp³-hybridized carbons (Fsp3) is 0. The molecule has 0 aliphatic carbocycles. The molecule has 0 fully saturated rings. The molecule has 3 aromatic rings. The van der Waals surface area contributed by atoms with E-state index in [4.69, 9.17) is 5.73 Å². The summed E-state index contributed by atoms with van der Waals surface area (Å²) in [7, 11) is 0. The van der Waals surface area contributed by atoms with Gasteiger partial charge in [-0.2, -0.15) is 5.10 Å². The van der Waals surface area contributed by atoms with Crippen LogP contribution in [0.1, 0.15) is 0 Å². The number of nitrogens with zero attached hydrogens (tertiary/aromatic N) is 2. The van der Waals surface area contributed by atoms with Gasteiger partial charge in [0.1, 0.15) is 16.6 Å². The Kier molecular flexibility index (Phi) is 0.999. The van der Waals surface area contributed by atoms with Crippen molar-refractivity contribution in [1.82, 2.24) is 20.2 Å². The monoisotopic (exact) mass is 173 g/mol. The van der Waals surface area contributed by atoms with Gasteiger partial charge in [-0.15, -0.1) is 0 Å². The number of rotatable bonds is 0. The second kappa shape index (κ2) is 2.01. The molecular formula is C8H7N5. The molecule has 3 aromatic heterocycles. The normalized spacial score (nSPS) is 11.4. The topological polar surface area (TPSA) is 83.4 Å². The lowest BCUT2D eigenvalue weighted by molar-refractivity contribution is 1.13. The van der Waals surface area contributed by atoms with Crippen molar-refractivity contribution in [2.45, 2.75) is 0 Å². The largest absolute Gasteiger partial charge is 0.380 e. The summed E-state index contributed by atoms with van der Waals surface area (Å²) in [5.74, 6) is 0.480. The number of fused-ring (bicyclic) bond motifs is 3. The van der Waals surface area contributed by atoms with Crippen molar-refractivity contribution in [3.8, 4) is 0 Å². The number of hydrogen-bond donors (Lipinski definition) is 3. The molecule has 0 saturated carbocycles. The lowest BCUT2D eigenvalue weighted by Crippen LogP contribution is -1.84. The zero-order chi connectivity index (χ0) is 8.84. The van der Waals surface area contributed by atoms with Crippen molar-refractivity contribution in [1.29, 1.82) is 0 Å². The molecular weight excluding hydrogens is 166 g/mol. The third-order valence-electron chi connectivity index (χ3n) is 2.10. The molecule has 5 nitrogen and oxygen atoms in total. The molecule has 4 N–H and O–H groups in total. The third-order valence-corrected chi connectivity index (χ3v) is 2.10. The second-order valence-corrected chi connectivity index (χ2v) is 2.88. The number of nitrogens with two attached hydrogens (primary N) is 1. The minimum Gasteiger partial charge on any atom is -0.380 e. The summed E-state index contributed by atoms with van der Waals surface area (Å²) in [5, 5.41) is 6.73. The van der Waals surface area contributed by atoms with E-state index in [1.54, 1.807) is 6.20 Å². The standard InChI is InChI=1S/C8H7N5/c9-8-7-6(12-13-8)5-4(11-7)2-1-3-10-5/h1-3,11H,(H3,9,12,13). The quantitative estimate of drug-likeness (QED) is 0.474. The Labute approximate surface area is 73.0 Å². The molecule has 0 bridgehead atoms. The van der Waals surface area contributed by atoms with Gasteiger partial charge >= 0.3 is 0 Å². The highest BCUT2D eigenvalue weighted by Crippen LogP contribution is 2.24. The zero-order valence-electron chi connectivity index (χ0n) is 6.70. The van der Waals surface area contributed by atoms with Crippen LogP contribution in [0.5, 0.6) is 0 Å². The minimum atomic E-state index is 0.480. The molecule has 3 heterocycles. The maximum atomic E-state index is 5.64. The third kappa shape index (κ3) is 0.703. The Morgan fingerprint density at radius 2 is 2.23 bits per heavy atom. The maximum absolute atomic E-state index is 5.64. The first-order chi connectivity index (χ1) is 6.36. The van der Waals surface area contributed by atoms with E-state index in [9.17, 15) is 0 Å². The van der Waals surface area contributed by atoms with E-state index in [0.29, 0.717) is 5.82 Å². The highest BCUT2D eigenvalue weighted by Gasteiger charge is 2.09. The summed E-state index contributed by atoms with van der Waals surface area (Å²) >= 11 is 0. The fourth-order valence-electron chi connectivity index (χ4n) is 1.49. The van der Waals surface area contributed by atoms with Gasteiger partial charge in [-0.3, -0.25) is 10.1 Å². The van der Waals surface area contributed by atoms with Crippen LogP contribution < -0.4 is 5.73 Å². The van der Waals surface area contributed by atoms with Gasteiger partial charge in [0, 0.05) is 6.20 Å². The van der Waals surface area contributed by atoms with Crippen molar-refractivity contribution in [2.24, 2.45) is 0 Å². The molecule has 0 spiro atoms. The smallest absolute Gasteiger partial charge is 0.169 e. The number of hydrogen-bond acceptors (Lipinski definition) is 3. The highest BCUT2D eigenvalue weighted by molar-refractivity contribution is 6.05. The Bertz CT molecular complexity index is 576. The van der Waals surface area contributed by atoms with Gasteiger partial charge in [0.25, 0.3) is 0 Å². The van der Waals surface area contributed by atoms with Gasteiger partial charge in [-0.05, 0) is 12.1 Å². The Morgan fingerprint density at radius 1 is 1.31 bits per heavy atom. The van der Waals surface area contributed by atoms with Gasteiger partial charge in [-0.1, -0.05) is 0 Å². The van der Waals surface area contributed by atoms with Gasteiger partial charge in [0.15, 0.2) is 5.82 Å². The highest BCUT2D eigenvalue weighted by atomic mass is 15.2.